The van der Waals surface area contributed by atoms with Gasteiger partial charge in [0.15, 0.2) is 0 Å². The van der Waals surface area contributed by atoms with Crippen molar-refractivity contribution in [1.29, 1.82) is 5.26 Å². The van der Waals surface area contributed by atoms with Crippen molar-refractivity contribution in [3.63, 3.8) is 0 Å². The number of aliphatic carboxylic acids is 1. The van der Waals surface area contributed by atoms with Crippen molar-refractivity contribution in [3.8, 4) is 11.8 Å². The van der Waals surface area contributed by atoms with Crippen LogP contribution in [0.2, 0.25) is 0 Å². The van der Waals surface area contributed by atoms with Crippen LogP contribution in [-0.2, 0) is 4.79 Å². The van der Waals surface area contributed by atoms with Gasteiger partial charge in [0.1, 0.15) is 12.3 Å². The third kappa shape index (κ3) is 3.98. The molecule has 0 atom stereocenters. The van der Waals surface area contributed by atoms with Crippen molar-refractivity contribution in [1.82, 2.24) is 0 Å². The molecule has 1 rings (SSSR count). The normalized spacial score (nSPS) is 9.56. The molecule has 1 aromatic carbocycles. The second kappa shape index (κ2) is 7.17. The minimum atomic E-state index is -0.883. The number of carboxylic acid groups (broad SMARTS) is 1. The molecule has 5 nitrogen and oxygen atoms in total. The first-order valence-electron chi connectivity index (χ1n) is 5.74. The highest BCUT2D eigenvalue weighted by Crippen LogP contribution is 2.27. The summed E-state index contributed by atoms with van der Waals surface area (Å²) in [4.78, 5) is 12.3. The highest BCUT2D eigenvalue weighted by molar-refractivity contribution is 5.68. The molecule has 0 heterocycles. The van der Waals surface area contributed by atoms with Gasteiger partial charge in [-0.3, -0.25) is 4.79 Å². The van der Waals surface area contributed by atoms with Crippen molar-refractivity contribution in [2.75, 3.05) is 24.6 Å². The van der Waals surface area contributed by atoms with Crippen molar-refractivity contribution in [3.05, 3.63) is 24.3 Å². The van der Waals surface area contributed by atoms with Crippen molar-refractivity contribution in [2.45, 2.75) is 13.3 Å². The maximum absolute atomic E-state index is 10.6. The Balaban J connectivity index is 2.90. The molecule has 0 saturated carbocycles. The molecule has 0 bridgehead atoms. The van der Waals surface area contributed by atoms with E-state index < -0.39 is 5.97 Å². The molecule has 1 aromatic rings. The number of anilines is 1. The van der Waals surface area contributed by atoms with E-state index in [0.717, 1.165) is 5.69 Å². The van der Waals surface area contributed by atoms with Gasteiger partial charge in [0.05, 0.1) is 24.8 Å². The summed E-state index contributed by atoms with van der Waals surface area (Å²) in [6.45, 7) is 2.82. The third-order valence-electron chi connectivity index (χ3n) is 2.36. The van der Waals surface area contributed by atoms with Crippen LogP contribution in [0, 0.1) is 11.3 Å². The zero-order valence-electron chi connectivity index (χ0n) is 10.3. The van der Waals surface area contributed by atoms with Crippen LogP contribution in [0.5, 0.6) is 5.75 Å². The second-order valence-corrected chi connectivity index (χ2v) is 3.62. The number of hydrogen-bond donors (Lipinski definition) is 1. The van der Waals surface area contributed by atoms with E-state index in [0.29, 0.717) is 12.4 Å². The number of carboxylic acids is 1. The summed E-state index contributed by atoms with van der Waals surface area (Å²) >= 11 is 0. The Bertz CT molecular complexity index is 440. The van der Waals surface area contributed by atoms with Gasteiger partial charge in [-0.25, -0.2) is 0 Å². The van der Waals surface area contributed by atoms with Crippen LogP contribution in [0.15, 0.2) is 24.3 Å². The van der Waals surface area contributed by atoms with Gasteiger partial charge in [0.2, 0.25) is 0 Å². The van der Waals surface area contributed by atoms with Crippen LogP contribution in [-0.4, -0.2) is 30.8 Å². The summed E-state index contributed by atoms with van der Waals surface area (Å²) in [6.07, 6.45) is -0.0118. The van der Waals surface area contributed by atoms with E-state index in [9.17, 15) is 4.79 Å². The smallest absolute Gasteiger partial charge is 0.305 e. The summed E-state index contributed by atoms with van der Waals surface area (Å²) in [5.74, 6) is -0.215. The molecule has 0 spiro atoms. The van der Waals surface area contributed by atoms with Crippen LogP contribution in [0.3, 0.4) is 0 Å². The maximum atomic E-state index is 10.6. The van der Waals surface area contributed by atoms with Gasteiger partial charge >= 0.3 is 5.97 Å². The number of nitriles is 1. The van der Waals surface area contributed by atoms with E-state index in [4.69, 9.17) is 15.1 Å². The Kier molecular flexibility index (Phi) is 5.52. The lowest BCUT2D eigenvalue weighted by Crippen LogP contribution is -2.27. The highest BCUT2D eigenvalue weighted by atomic mass is 16.5. The Morgan fingerprint density at radius 3 is 2.83 bits per heavy atom. The number of nitrogens with zero attached hydrogens (tertiary/aromatic N) is 2. The SMILES string of the molecule is CCOc1ccccc1N(CC#N)CCC(=O)O. The largest absolute Gasteiger partial charge is 0.492 e. The number of carbonyl (C=O) groups is 1. The zero-order chi connectivity index (χ0) is 13.4. The van der Waals surface area contributed by atoms with Crippen LogP contribution >= 0.6 is 0 Å². The Labute approximate surface area is 106 Å². The Morgan fingerprint density at radius 2 is 2.22 bits per heavy atom. The molecule has 0 amide bonds. The van der Waals surface area contributed by atoms with E-state index in [-0.39, 0.29) is 19.5 Å². The lowest BCUT2D eigenvalue weighted by Gasteiger charge is -2.23. The summed E-state index contributed by atoms with van der Waals surface area (Å²) in [5, 5.41) is 17.5. The first-order valence-corrected chi connectivity index (χ1v) is 5.74. The highest BCUT2D eigenvalue weighted by Gasteiger charge is 2.12. The number of hydrogen-bond acceptors (Lipinski definition) is 4. The Morgan fingerprint density at radius 1 is 1.50 bits per heavy atom. The van der Waals surface area contributed by atoms with E-state index in [1.807, 2.05) is 37.3 Å². The average Bonchev–Trinajstić information content (AvgIpc) is 2.35. The van der Waals surface area contributed by atoms with E-state index >= 15 is 0 Å². The predicted octanol–water partition coefficient (Wildman–Crippen LogP) is 1.89. The quantitative estimate of drug-likeness (QED) is 0.746. The van der Waals surface area contributed by atoms with Crippen molar-refractivity contribution in [2.24, 2.45) is 0 Å². The second-order valence-electron chi connectivity index (χ2n) is 3.62. The van der Waals surface area contributed by atoms with Crippen molar-refractivity contribution >= 4 is 11.7 Å². The fraction of sp³-hybridized carbons (Fsp3) is 0.385. The first kappa shape index (κ1) is 13.8. The van der Waals surface area contributed by atoms with E-state index in [1.54, 1.807) is 4.90 Å². The van der Waals surface area contributed by atoms with Crippen LogP contribution in [0.25, 0.3) is 0 Å². The fourth-order valence-electron chi connectivity index (χ4n) is 1.60. The monoisotopic (exact) mass is 248 g/mol. The number of para-hydroxylation sites is 2. The Hall–Kier alpha value is -2.22. The molecule has 0 saturated heterocycles. The molecule has 96 valence electrons. The topological polar surface area (TPSA) is 73.6 Å². The van der Waals surface area contributed by atoms with Crippen LogP contribution in [0.1, 0.15) is 13.3 Å². The molecule has 0 fully saturated rings. The van der Waals surface area contributed by atoms with Gasteiger partial charge in [-0.1, -0.05) is 12.1 Å². The third-order valence-corrected chi connectivity index (χ3v) is 2.36. The predicted molar refractivity (Wildman–Crippen MR) is 67.7 cm³/mol. The van der Waals surface area contributed by atoms with Crippen molar-refractivity contribution < 1.29 is 14.6 Å². The lowest BCUT2D eigenvalue weighted by molar-refractivity contribution is -0.136. The number of ether oxygens (including phenoxy) is 1. The fourth-order valence-corrected chi connectivity index (χ4v) is 1.60. The average molecular weight is 248 g/mol. The number of benzene rings is 1. The molecular formula is C13H16N2O3. The molecule has 0 aliphatic carbocycles. The molecule has 0 unspecified atom stereocenters. The number of rotatable bonds is 7. The molecular weight excluding hydrogens is 232 g/mol. The molecule has 5 heteroatoms. The van der Waals surface area contributed by atoms with Gasteiger partial charge in [0, 0.05) is 6.54 Å². The van der Waals surface area contributed by atoms with Gasteiger partial charge in [0.25, 0.3) is 0 Å². The van der Waals surface area contributed by atoms with Crippen LogP contribution in [0.4, 0.5) is 5.69 Å². The summed E-state index contributed by atoms with van der Waals surface area (Å²) in [5.41, 5.74) is 0.752. The zero-order valence-corrected chi connectivity index (χ0v) is 10.3. The summed E-state index contributed by atoms with van der Waals surface area (Å²) < 4.78 is 5.47. The minimum Gasteiger partial charge on any atom is -0.492 e. The molecule has 0 aliphatic heterocycles. The molecule has 1 N–H and O–H groups in total. The molecule has 0 radical (unpaired) electrons. The summed E-state index contributed by atoms with van der Waals surface area (Å²) in [6, 6.07) is 9.35. The minimum absolute atomic E-state index is 0.0118. The standard InChI is InChI=1S/C13H16N2O3/c1-2-18-12-6-4-3-5-11(12)15(10-8-14)9-7-13(16)17/h3-6H,2,7,9-10H2,1H3,(H,16,17). The van der Waals surface area contributed by atoms with Gasteiger partial charge in [-0.05, 0) is 19.1 Å². The van der Waals surface area contributed by atoms with E-state index in [2.05, 4.69) is 0 Å². The van der Waals surface area contributed by atoms with Gasteiger partial charge < -0.3 is 14.7 Å². The van der Waals surface area contributed by atoms with Gasteiger partial charge in [-0.2, -0.15) is 5.26 Å². The van der Waals surface area contributed by atoms with E-state index in [1.165, 1.54) is 0 Å². The maximum Gasteiger partial charge on any atom is 0.305 e. The molecule has 0 aliphatic rings. The van der Waals surface area contributed by atoms with Crippen LogP contribution < -0.4 is 9.64 Å². The molecule has 18 heavy (non-hydrogen) atoms. The first-order chi connectivity index (χ1) is 8.69. The lowest BCUT2D eigenvalue weighted by atomic mass is 10.2. The summed E-state index contributed by atoms with van der Waals surface area (Å²) in [7, 11) is 0. The van der Waals surface area contributed by atoms with Gasteiger partial charge in [-0.15, -0.1) is 0 Å². The molecule has 0 aromatic heterocycles.